The molecule has 0 saturated carbocycles. The molecule has 0 fully saturated rings. The van der Waals surface area contributed by atoms with E-state index in [0.717, 1.165) is 9.56 Å². The summed E-state index contributed by atoms with van der Waals surface area (Å²) >= 11 is 0. The highest BCUT2D eigenvalue weighted by molar-refractivity contribution is 7.54. The van der Waals surface area contributed by atoms with E-state index in [2.05, 4.69) is 0 Å². The minimum absolute atomic E-state index is 0.454. The zero-order valence-corrected chi connectivity index (χ0v) is 9.59. The van der Waals surface area contributed by atoms with Crippen LogP contribution in [0.5, 0.6) is 5.75 Å². The number of nitrogens with two attached hydrogens (primary N) is 2. The van der Waals surface area contributed by atoms with Gasteiger partial charge in [-0.3, -0.25) is 11.7 Å². The summed E-state index contributed by atoms with van der Waals surface area (Å²) < 4.78 is 19.4. The number of nitrogens with zero attached hydrogens (tertiary/aromatic N) is 2. The Morgan fingerprint density at radius 3 is 2.00 bits per heavy atom. The number of benzene rings is 1. The molecule has 0 amide bonds. The summed E-state index contributed by atoms with van der Waals surface area (Å²) in [7, 11) is -0.488. The summed E-state index contributed by atoms with van der Waals surface area (Å²) in [5, 5.41) is 0. The number of hydrogen-bond donors (Lipinski definition) is 2. The second kappa shape index (κ2) is 4.74. The molecule has 15 heavy (non-hydrogen) atoms. The Hall–Kier alpha value is -0.910. The molecular formula is C8H15N4O2P. The largest absolute Gasteiger partial charge is 0.421 e. The first kappa shape index (κ1) is 12.2. The smallest absolute Gasteiger partial charge is 0.420 e. The lowest BCUT2D eigenvalue weighted by Gasteiger charge is -2.28. The van der Waals surface area contributed by atoms with Gasteiger partial charge in [-0.05, 0) is 12.1 Å². The third-order valence-corrected chi connectivity index (χ3v) is 3.81. The predicted octanol–water partition coefficient (Wildman–Crippen LogP) is 0.784. The summed E-state index contributed by atoms with van der Waals surface area (Å²) in [4.78, 5) is 0. The third kappa shape index (κ3) is 2.77. The molecule has 7 heteroatoms. The topological polar surface area (TPSA) is 84.8 Å². The predicted molar refractivity (Wildman–Crippen MR) is 58.6 cm³/mol. The number of rotatable bonds is 4. The lowest BCUT2D eigenvalue weighted by atomic mass is 10.3. The highest BCUT2D eigenvalue weighted by atomic mass is 31.2. The highest BCUT2D eigenvalue weighted by Gasteiger charge is 2.32. The SMILES string of the molecule is CN(N)P(=O)(Oc1ccccc1)N(C)N. The lowest BCUT2D eigenvalue weighted by molar-refractivity contribution is 0.321. The first-order chi connectivity index (χ1) is 6.97. The van der Waals surface area contributed by atoms with Gasteiger partial charge in [0.15, 0.2) is 0 Å². The minimum atomic E-state index is -3.36. The summed E-state index contributed by atoms with van der Waals surface area (Å²) in [6.45, 7) is 0. The number of para-hydroxylation sites is 1. The Morgan fingerprint density at radius 1 is 1.13 bits per heavy atom. The van der Waals surface area contributed by atoms with Gasteiger partial charge in [-0.2, -0.15) is 9.56 Å². The van der Waals surface area contributed by atoms with Crippen LogP contribution in [0.2, 0.25) is 0 Å². The molecule has 0 saturated heterocycles. The average Bonchev–Trinajstić information content (AvgIpc) is 2.18. The van der Waals surface area contributed by atoms with Crippen molar-refractivity contribution >= 4 is 7.67 Å². The monoisotopic (exact) mass is 230 g/mol. The van der Waals surface area contributed by atoms with E-state index in [-0.39, 0.29) is 0 Å². The van der Waals surface area contributed by atoms with Gasteiger partial charge in [-0.25, -0.2) is 4.57 Å². The fraction of sp³-hybridized carbons (Fsp3) is 0.250. The zero-order chi connectivity index (χ0) is 11.5. The molecule has 0 radical (unpaired) electrons. The molecular weight excluding hydrogens is 215 g/mol. The van der Waals surface area contributed by atoms with Crippen molar-refractivity contribution in [3.05, 3.63) is 30.3 Å². The van der Waals surface area contributed by atoms with Crippen LogP contribution in [0, 0.1) is 0 Å². The second-order valence-electron chi connectivity index (χ2n) is 3.04. The van der Waals surface area contributed by atoms with Gasteiger partial charge < -0.3 is 4.52 Å². The summed E-state index contributed by atoms with van der Waals surface area (Å²) in [6, 6.07) is 8.73. The number of hydrazine groups is 2. The average molecular weight is 230 g/mol. The van der Waals surface area contributed by atoms with Gasteiger partial charge in [0.1, 0.15) is 5.75 Å². The van der Waals surface area contributed by atoms with Gasteiger partial charge >= 0.3 is 7.67 Å². The quantitative estimate of drug-likeness (QED) is 0.452. The molecule has 1 aromatic carbocycles. The minimum Gasteiger partial charge on any atom is -0.420 e. The van der Waals surface area contributed by atoms with E-state index in [1.165, 1.54) is 14.1 Å². The highest BCUT2D eigenvalue weighted by Crippen LogP contribution is 2.48. The van der Waals surface area contributed by atoms with Gasteiger partial charge in [0.2, 0.25) is 0 Å². The van der Waals surface area contributed by atoms with Gasteiger partial charge in [0.05, 0.1) is 0 Å². The van der Waals surface area contributed by atoms with Crippen molar-refractivity contribution in [2.24, 2.45) is 11.7 Å². The Balaban J connectivity index is 2.91. The van der Waals surface area contributed by atoms with Crippen LogP contribution in [0.1, 0.15) is 0 Å². The van der Waals surface area contributed by atoms with E-state index >= 15 is 0 Å². The van der Waals surface area contributed by atoms with E-state index in [4.69, 9.17) is 16.2 Å². The van der Waals surface area contributed by atoms with Gasteiger partial charge in [0, 0.05) is 14.1 Å². The molecule has 0 bridgehead atoms. The molecule has 1 aromatic rings. The van der Waals surface area contributed by atoms with E-state index < -0.39 is 7.67 Å². The van der Waals surface area contributed by atoms with Crippen molar-refractivity contribution in [1.29, 1.82) is 0 Å². The van der Waals surface area contributed by atoms with Crippen LogP contribution in [0.4, 0.5) is 0 Å². The Bertz CT molecular complexity index is 343. The van der Waals surface area contributed by atoms with Gasteiger partial charge in [-0.1, -0.05) is 18.2 Å². The van der Waals surface area contributed by atoms with Gasteiger partial charge in [-0.15, -0.1) is 0 Å². The first-order valence-electron chi connectivity index (χ1n) is 4.29. The number of hydrogen-bond acceptors (Lipinski definition) is 4. The van der Waals surface area contributed by atoms with E-state index in [9.17, 15) is 4.57 Å². The fourth-order valence-corrected chi connectivity index (χ4v) is 2.07. The van der Waals surface area contributed by atoms with E-state index in [0.29, 0.717) is 5.75 Å². The van der Waals surface area contributed by atoms with Crippen LogP contribution in [0.15, 0.2) is 30.3 Å². The molecule has 0 atom stereocenters. The van der Waals surface area contributed by atoms with Crippen molar-refractivity contribution in [2.75, 3.05) is 14.1 Å². The van der Waals surface area contributed by atoms with Crippen LogP contribution < -0.4 is 16.2 Å². The first-order valence-corrected chi connectivity index (χ1v) is 5.82. The molecule has 84 valence electrons. The van der Waals surface area contributed by atoms with Crippen LogP contribution in [0.3, 0.4) is 0 Å². The van der Waals surface area contributed by atoms with Crippen LogP contribution in [0.25, 0.3) is 0 Å². The van der Waals surface area contributed by atoms with Crippen LogP contribution in [-0.4, -0.2) is 23.7 Å². The molecule has 0 aliphatic heterocycles. The maximum atomic E-state index is 12.2. The molecule has 4 N–H and O–H groups in total. The lowest BCUT2D eigenvalue weighted by Crippen LogP contribution is -2.37. The fourth-order valence-electron chi connectivity index (χ4n) is 0.970. The Morgan fingerprint density at radius 2 is 1.60 bits per heavy atom. The summed E-state index contributed by atoms with van der Waals surface area (Å²) in [6.07, 6.45) is 0. The van der Waals surface area contributed by atoms with Gasteiger partial charge in [0.25, 0.3) is 0 Å². The van der Waals surface area contributed by atoms with Crippen LogP contribution >= 0.6 is 7.67 Å². The van der Waals surface area contributed by atoms with E-state index in [1.54, 1.807) is 24.3 Å². The molecule has 0 aromatic heterocycles. The van der Waals surface area contributed by atoms with Crippen molar-refractivity contribution in [3.63, 3.8) is 0 Å². The molecule has 0 unspecified atom stereocenters. The normalized spacial score (nSPS) is 12.1. The van der Waals surface area contributed by atoms with Crippen molar-refractivity contribution in [3.8, 4) is 5.75 Å². The standard InChI is InChI=1S/C8H15N4O2P/c1-11(9)15(13,12(2)10)14-8-6-4-3-5-7-8/h3-7H,9-10H2,1-2H3. The maximum Gasteiger partial charge on any atom is 0.421 e. The molecule has 1 rings (SSSR count). The van der Waals surface area contributed by atoms with E-state index in [1.807, 2.05) is 6.07 Å². The molecule has 0 aliphatic rings. The van der Waals surface area contributed by atoms with Crippen molar-refractivity contribution in [1.82, 2.24) is 9.56 Å². The third-order valence-electron chi connectivity index (χ3n) is 1.76. The Kier molecular flexibility index (Phi) is 3.84. The molecule has 0 aliphatic carbocycles. The zero-order valence-electron chi connectivity index (χ0n) is 8.70. The van der Waals surface area contributed by atoms with Crippen molar-refractivity contribution in [2.45, 2.75) is 0 Å². The van der Waals surface area contributed by atoms with Crippen molar-refractivity contribution < 1.29 is 9.09 Å². The Labute approximate surface area is 88.9 Å². The maximum absolute atomic E-state index is 12.2. The second-order valence-corrected chi connectivity index (χ2v) is 5.47. The van der Waals surface area contributed by atoms with Crippen LogP contribution in [-0.2, 0) is 4.57 Å². The summed E-state index contributed by atoms with van der Waals surface area (Å²) in [5.74, 6) is 11.3. The molecule has 0 spiro atoms. The summed E-state index contributed by atoms with van der Waals surface area (Å²) in [5.41, 5.74) is 0. The molecule has 6 nitrogen and oxygen atoms in total. The molecule has 0 heterocycles.